The Bertz CT molecular complexity index is 362. The highest BCUT2D eigenvalue weighted by atomic mass is 32.1. The molecule has 1 unspecified atom stereocenters. The second kappa shape index (κ2) is 3.00. The third-order valence-electron chi connectivity index (χ3n) is 2.39. The molecule has 0 aromatic heterocycles. The van der Waals surface area contributed by atoms with Crippen molar-refractivity contribution in [2.75, 3.05) is 12.4 Å². The summed E-state index contributed by atoms with van der Waals surface area (Å²) >= 11 is 5.19. The molecule has 1 N–H and O–H groups in total. The van der Waals surface area contributed by atoms with Crippen LogP contribution in [0.25, 0.3) is 0 Å². The number of rotatable bonds is 1. The van der Waals surface area contributed by atoms with Crippen molar-refractivity contribution in [1.82, 2.24) is 0 Å². The molecule has 0 spiro atoms. The zero-order valence-electron chi connectivity index (χ0n) is 7.63. The zero-order valence-corrected chi connectivity index (χ0v) is 8.44. The molecule has 1 aromatic carbocycles. The van der Waals surface area contributed by atoms with Crippen LogP contribution in [0, 0.1) is 0 Å². The number of anilines is 1. The van der Waals surface area contributed by atoms with Gasteiger partial charge >= 0.3 is 0 Å². The van der Waals surface area contributed by atoms with E-state index in [1.807, 2.05) is 12.1 Å². The lowest BCUT2D eigenvalue weighted by atomic mass is 10.0. The summed E-state index contributed by atoms with van der Waals surface area (Å²) in [4.78, 5) is 0.875. The van der Waals surface area contributed by atoms with E-state index in [1.54, 1.807) is 7.11 Å². The minimum Gasteiger partial charge on any atom is -0.495 e. The molecule has 0 amide bonds. The lowest BCUT2D eigenvalue weighted by Gasteiger charge is -2.06. The van der Waals surface area contributed by atoms with Gasteiger partial charge in [-0.1, -0.05) is 31.3 Å². The van der Waals surface area contributed by atoms with E-state index in [2.05, 4.69) is 18.3 Å². The quantitative estimate of drug-likeness (QED) is 0.692. The van der Waals surface area contributed by atoms with Gasteiger partial charge in [-0.25, -0.2) is 0 Å². The molecule has 1 heterocycles. The van der Waals surface area contributed by atoms with Gasteiger partial charge in [-0.15, -0.1) is 0 Å². The first-order valence-corrected chi connectivity index (χ1v) is 4.62. The highest BCUT2D eigenvalue weighted by Gasteiger charge is 2.25. The van der Waals surface area contributed by atoms with Crippen LogP contribution in [0.15, 0.2) is 18.2 Å². The highest BCUT2D eigenvalue weighted by Crippen LogP contribution is 2.39. The molecule has 1 aliphatic heterocycles. The van der Waals surface area contributed by atoms with Gasteiger partial charge in [0.25, 0.3) is 0 Å². The second-order valence-corrected chi connectivity index (χ2v) is 3.58. The number of benzene rings is 1. The zero-order chi connectivity index (χ0) is 9.42. The van der Waals surface area contributed by atoms with Crippen molar-refractivity contribution >= 4 is 22.9 Å². The predicted molar refractivity (Wildman–Crippen MR) is 57.6 cm³/mol. The average molecular weight is 193 g/mol. The van der Waals surface area contributed by atoms with Crippen molar-refractivity contribution in [3.63, 3.8) is 0 Å². The number of methoxy groups -OCH3 is 1. The van der Waals surface area contributed by atoms with Gasteiger partial charge in [0, 0.05) is 5.92 Å². The van der Waals surface area contributed by atoms with E-state index in [0.29, 0.717) is 5.92 Å². The van der Waals surface area contributed by atoms with Crippen LogP contribution < -0.4 is 10.1 Å². The molecule has 2 rings (SSSR count). The normalized spacial score (nSPS) is 19.5. The molecule has 68 valence electrons. The van der Waals surface area contributed by atoms with E-state index >= 15 is 0 Å². The fourth-order valence-corrected chi connectivity index (χ4v) is 1.81. The second-order valence-electron chi connectivity index (χ2n) is 3.14. The van der Waals surface area contributed by atoms with Crippen LogP contribution in [0.1, 0.15) is 18.4 Å². The summed E-state index contributed by atoms with van der Waals surface area (Å²) < 4.78 is 5.23. The topological polar surface area (TPSA) is 21.3 Å². The molecule has 13 heavy (non-hydrogen) atoms. The Labute approximate surface area is 82.9 Å². The summed E-state index contributed by atoms with van der Waals surface area (Å²) in [6, 6.07) is 6.01. The first-order chi connectivity index (χ1) is 6.24. The van der Waals surface area contributed by atoms with E-state index in [1.165, 1.54) is 5.56 Å². The van der Waals surface area contributed by atoms with Gasteiger partial charge in [0.15, 0.2) is 0 Å². The maximum atomic E-state index is 5.23. The van der Waals surface area contributed by atoms with Crippen molar-refractivity contribution in [3.05, 3.63) is 23.8 Å². The number of hydrogen-bond acceptors (Lipinski definition) is 2. The smallest absolute Gasteiger partial charge is 0.142 e. The van der Waals surface area contributed by atoms with Crippen LogP contribution in [0.2, 0.25) is 0 Å². The van der Waals surface area contributed by atoms with Gasteiger partial charge in [0.1, 0.15) is 5.75 Å². The summed E-state index contributed by atoms with van der Waals surface area (Å²) in [7, 11) is 1.67. The van der Waals surface area contributed by atoms with E-state index in [9.17, 15) is 0 Å². The monoisotopic (exact) mass is 193 g/mol. The van der Waals surface area contributed by atoms with Crippen LogP contribution in [-0.4, -0.2) is 12.1 Å². The lowest BCUT2D eigenvalue weighted by Crippen LogP contribution is -2.05. The van der Waals surface area contributed by atoms with Gasteiger partial charge in [0.2, 0.25) is 0 Å². The number of ether oxygens (including phenoxy) is 1. The van der Waals surface area contributed by atoms with Crippen molar-refractivity contribution in [2.24, 2.45) is 0 Å². The minimum absolute atomic E-state index is 0.306. The predicted octanol–water partition coefficient (Wildman–Crippen LogP) is 2.55. The third-order valence-corrected chi connectivity index (χ3v) is 2.84. The highest BCUT2D eigenvalue weighted by molar-refractivity contribution is 7.80. The van der Waals surface area contributed by atoms with Gasteiger partial charge in [-0.3, -0.25) is 0 Å². The first kappa shape index (κ1) is 8.51. The molecule has 0 bridgehead atoms. The summed E-state index contributed by atoms with van der Waals surface area (Å²) in [6.07, 6.45) is 0. The molecular formula is C10H11NOS. The van der Waals surface area contributed by atoms with E-state index in [0.717, 1.165) is 16.4 Å². The number of hydrogen-bond donors (Lipinski definition) is 1. The van der Waals surface area contributed by atoms with Crippen molar-refractivity contribution in [2.45, 2.75) is 12.8 Å². The number of thiocarbonyl (C=S) groups is 1. The molecular weight excluding hydrogens is 182 g/mol. The summed E-state index contributed by atoms with van der Waals surface area (Å²) in [6.45, 7) is 2.10. The van der Waals surface area contributed by atoms with Gasteiger partial charge in [-0.05, 0) is 11.6 Å². The fourth-order valence-electron chi connectivity index (χ4n) is 1.59. The fraction of sp³-hybridized carbons (Fsp3) is 0.300. The Morgan fingerprint density at radius 3 is 2.92 bits per heavy atom. The standard InChI is InChI=1S/C10H11NOS/c1-6-7-4-3-5-8(12-2)9(7)11-10(6)13/h3-6H,1-2H3,(H,11,13). The number of nitrogens with one attached hydrogen (secondary N) is 1. The largest absolute Gasteiger partial charge is 0.495 e. The SMILES string of the molecule is COc1cccc2c1NC(=S)C2C. The molecule has 0 saturated carbocycles. The maximum absolute atomic E-state index is 5.23. The summed E-state index contributed by atoms with van der Waals surface area (Å²) in [5.41, 5.74) is 2.26. The van der Waals surface area contributed by atoms with Crippen molar-refractivity contribution in [1.29, 1.82) is 0 Å². The minimum atomic E-state index is 0.306. The van der Waals surface area contributed by atoms with Crippen LogP contribution in [0.4, 0.5) is 5.69 Å². The molecule has 3 heteroatoms. The van der Waals surface area contributed by atoms with Crippen LogP contribution in [0.5, 0.6) is 5.75 Å². The molecule has 0 aliphatic carbocycles. The number of para-hydroxylation sites is 1. The molecule has 2 nitrogen and oxygen atoms in total. The van der Waals surface area contributed by atoms with Crippen LogP contribution in [0.3, 0.4) is 0 Å². The Kier molecular flexibility index (Phi) is 1.96. The Morgan fingerprint density at radius 1 is 1.46 bits per heavy atom. The Balaban J connectivity index is 2.55. The summed E-state index contributed by atoms with van der Waals surface area (Å²) in [5.74, 6) is 1.17. The van der Waals surface area contributed by atoms with Gasteiger partial charge in [-0.2, -0.15) is 0 Å². The number of fused-ring (bicyclic) bond motifs is 1. The van der Waals surface area contributed by atoms with E-state index in [4.69, 9.17) is 17.0 Å². The molecule has 0 fully saturated rings. The van der Waals surface area contributed by atoms with Crippen molar-refractivity contribution in [3.8, 4) is 5.75 Å². The average Bonchev–Trinajstić information content (AvgIpc) is 2.43. The van der Waals surface area contributed by atoms with E-state index in [-0.39, 0.29) is 0 Å². The Hall–Kier alpha value is -1.09. The molecule has 0 radical (unpaired) electrons. The molecule has 1 aromatic rings. The molecule has 0 saturated heterocycles. The maximum Gasteiger partial charge on any atom is 0.142 e. The first-order valence-electron chi connectivity index (χ1n) is 4.22. The molecule has 1 atom stereocenters. The Morgan fingerprint density at radius 2 is 2.23 bits per heavy atom. The summed E-state index contributed by atoms with van der Waals surface area (Å²) in [5, 5.41) is 3.17. The van der Waals surface area contributed by atoms with Crippen LogP contribution >= 0.6 is 12.2 Å². The lowest BCUT2D eigenvalue weighted by molar-refractivity contribution is 0.417. The van der Waals surface area contributed by atoms with E-state index < -0.39 is 0 Å². The third kappa shape index (κ3) is 1.20. The van der Waals surface area contributed by atoms with Gasteiger partial charge in [0.05, 0.1) is 17.8 Å². The van der Waals surface area contributed by atoms with Gasteiger partial charge < -0.3 is 10.1 Å². The molecule has 1 aliphatic rings. The van der Waals surface area contributed by atoms with Crippen molar-refractivity contribution < 1.29 is 4.74 Å². The van der Waals surface area contributed by atoms with Crippen LogP contribution in [-0.2, 0) is 0 Å².